The molecule has 0 aliphatic carbocycles. The van der Waals surface area contributed by atoms with Gasteiger partial charge in [-0.05, 0) is 28.8 Å². The van der Waals surface area contributed by atoms with Gasteiger partial charge in [0.05, 0.1) is 22.6 Å². The van der Waals surface area contributed by atoms with Crippen molar-refractivity contribution >= 4 is 11.9 Å². The smallest absolute Gasteiger partial charge is 0.337 e. The maximum atomic E-state index is 11.7. The van der Waals surface area contributed by atoms with Gasteiger partial charge in [0.15, 0.2) is 0 Å². The summed E-state index contributed by atoms with van der Waals surface area (Å²) in [4.78, 5) is 22.9. The molecule has 6 heteroatoms. The summed E-state index contributed by atoms with van der Waals surface area (Å²) < 4.78 is 0. The molecule has 2 heterocycles. The van der Waals surface area contributed by atoms with Crippen molar-refractivity contribution in [2.75, 3.05) is 5.73 Å². The lowest BCUT2D eigenvalue weighted by Crippen LogP contribution is -1.96. The van der Waals surface area contributed by atoms with E-state index in [4.69, 9.17) is 5.73 Å². The summed E-state index contributed by atoms with van der Waals surface area (Å²) >= 11 is 0. The number of rotatable bonds is 4. The van der Waals surface area contributed by atoms with Crippen molar-refractivity contribution in [2.45, 2.75) is 0 Å². The van der Waals surface area contributed by atoms with Crippen LogP contribution < -0.4 is 5.73 Å². The molecule has 0 atom stereocenters. The van der Waals surface area contributed by atoms with Crippen LogP contribution in [0.1, 0.15) is 10.4 Å². The summed E-state index contributed by atoms with van der Waals surface area (Å²) in [6.45, 7) is 0. The second-order valence-electron chi connectivity index (χ2n) is 6.02. The van der Waals surface area contributed by atoms with Crippen molar-refractivity contribution in [3.8, 4) is 33.8 Å². The van der Waals surface area contributed by atoms with Crippen LogP contribution in [0.15, 0.2) is 72.9 Å². The van der Waals surface area contributed by atoms with Crippen molar-refractivity contribution < 1.29 is 9.90 Å². The lowest BCUT2D eigenvalue weighted by Gasteiger charge is -2.05. The first-order chi connectivity index (χ1) is 13.1. The number of nitrogens with one attached hydrogen (secondary N) is 1. The topological polar surface area (TPSA) is 105 Å². The fraction of sp³-hybridized carbons (Fsp3) is 0. The molecule has 2 aromatic carbocycles. The molecule has 132 valence electrons. The summed E-state index contributed by atoms with van der Waals surface area (Å²) in [5.74, 6) is -0.880. The normalized spacial score (nSPS) is 10.7. The van der Waals surface area contributed by atoms with Crippen molar-refractivity contribution in [3.05, 3.63) is 78.5 Å². The first-order valence-electron chi connectivity index (χ1n) is 8.33. The van der Waals surface area contributed by atoms with Gasteiger partial charge < -0.3 is 15.8 Å². The van der Waals surface area contributed by atoms with Gasteiger partial charge >= 0.3 is 5.97 Å². The van der Waals surface area contributed by atoms with Gasteiger partial charge in [-0.25, -0.2) is 14.8 Å². The van der Waals surface area contributed by atoms with E-state index < -0.39 is 5.97 Å². The van der Waals surface area contributed by atoms with Gasteiger partial charge in [-0.1, -0.05) is 54.6 Å². The number of nitrogen functional groups attached to an aromatic ring is 1. The minimum atomic E-state index is -1.01. The minimum absolute atomic E-state index is 0.132. The number of benzene rings is 2. The Bertz CT molecular complexity index is 1100. The summed E-state index contributed by atoms with van der Waals surface area (Å²) in [7, 11) is 0. The highest BCUT2D eigenvalue weighted by molar-refractivity contribution is 5.97. The Morgan fingerprint density at radius 2 is 1.59 bits per heavy atom. The third kappa shape index (κ3) is 3.28. The molecule has 0 spiro atoms. The molecule has 4 N–H and O–H groups in total. The number of aromatic nitrogens is 3. The average Bonchev–Trinajstić information content (AvgIpc) is 3.15. The number of nitrogens with two attached hydrogens (primary N) is 1. The SMILES string of the molecule is Nc1nccc(-c2cc(C(=O)O)c(-c3ccc(-c4ccccc4)cc3)[nH]2)n1. The van der Waals surface area contributed by atoms with Crippen LogP contribution in [0.25, 0.3) is 33.8 Å². The standard InChI is InChI=1S/C21H16N4O2/c22-21-23-11-10-17(25-21)18-12-16(20(26)27)19(24-18)15-8-6-14(7-9-15)13-4-2-1-3-5-13/h1-12,24H,(H,26,27)(H2,22,23,25). The molecule has 27 heavy (non-hydrogen) atoms. The second kappa shape index (κ2) is 6.76. The number of hydrogen-bond donors (Lipinski definition) is 3. The third-order valence-corrected chi connectivity index (χ3v) is 4.28. The zero-order chi connectivity index (χ0) is 18.8. The Balaban J connectivity index is 1.76. The molecule has 6 nitrogen and oxygen atoms in total. The number of anilines is 1. The molecule has 4 aromatic rings. The van der Waals surface area contributed by atoms with Crippen LogP contribution in [0.2, 0.25) is 0 Å². The van der Waals surface area contributed by atoms with Gasteiger partial charge in [-0.2, -0.15) is 0 Å². The summed E-state index contributed by atoms with van der Waals surface area (Å²) in [6, 6.07) is 21.0. The average molecular weight is 356 g/mol. The number of H-pyrrole nitrogens is 1. The molecule has 0 saturated carbocycles. The van der Waals surface area contributed by atoms with Gasteiger partial charge in [-0.3, -0.25) is 0 Å². The fourth-order valence-corrected chi connectivity index (χ4v) is 2.97. The third-order valence-electron chi connectivity index (χ3n) is 4.28. The van der Waals surface area contributed by atoms with E-state index in [0.717, 1.165) is 16.7 Å². The number of aromatic amines is 1. The van der Waals surface area contributed by atoms with E-state index in [-0.39, 0.29) is 11.5 Å². The summed E-state index contributed by atoms with van der Waals surface area (Å²) in [6.07, 6.45) is 1.53. The van der Waals surface area contributed by atoms with E-state index in [0.29, 0.717) is 17.1 Å². The van der Waals surface area contributed by atoms with E-state index >= 15 is 0 Å². The first kappa shape index (κ1) is 16.5. The van der Waals surface area contributed by atoms with E-state index in [2.05, 4.69) is 15.0 Å². The molecule has 0 radical (unpaired) electrons. The Labute approximate surface area is 155 Å². The zero-order valence-electron chi connectivity index (χ0n) is 14.3. The Hall–Kier alpha value is -3.93. The van der Waals surface area contributed by atoms with Crippen molar-refractivity contribution in [2.24, 2.45) is 0 Å². The first-order valence-corrected chi connectivity index (χ1v) is 8.33. The predicted octanol–water partition coefficient (Wildman–Crippen LogP) is 4.09. The van der Waals surface area contributed by atoms with Gasteiger partial charge in [0.25, 0.3) is 0 Å². The van der Waals surface area contributed by atoms with Crippen molar-refractivity contribution in [3.63, 3.8) is 0 Å². The van der Waals surface area contributed by atoms with Crippen LogP contribution in [0, 0.1) is 0 Å². The van der Waals surface area contributed by atoms with E-state index in [1.165, 1.54) is 6.20 Å². The van der Waals surface area contributed by atoms with E-state index in [1.54, 1.807) is 12.1 Å². The van der Waals surface area contributed by atoms with Gasteiger partial charge in [0, 0.05) is 6.20 Å². The lowest BCUT2D eigenvalue weighted by atomic mass is 10.0. The number of nitrogens with zero attached hydrogens (tertiary/aromatic N) is 2. The number of aromatic carboxylic acids is 1. The number of carbonyl (C=O) groups is 1. The lowest BCUT2D eigenvalue weighted by molar-refractivity contribution is 0.0698. The van der Waals surface area contributed by atoms with Gasteiger partial charge in [-0.15, -0.1) is 0 Å². The van der Waals surface area contributed by atoms with Crippen LogP contribution in [-0.4, -0.2) is 26.0 Å². The monoisotopic (exact) mass is 356 g/mol. The highest BCUT2D eigenvalue weighted by Gasteiger charge is 2.17. The van der Waals surface area contributed by atoms with Crippen LogP contribution in [0.5, 0.6) is 0 Å². The Morgan fingerprint density at radius 1 is 0.926 bits per heavy atom. The minimum Gasteiger partial charge on any atom is -0.478 e. The molecule has 0 unspecified atom stereocenters. The van der Waals surface area contributed by atoms with Crippen LogP contribution in [0.4, 0.5) is 5.95 Å². The highest BCUT2D eigenvalue weighted by atomic mass is 16.4. The highest BCUT2D eigenvalue weighted by Crippen LogP contribution is 2.30. The molecule has 2 aromatic heterocycles. The molecule has 0 amide bonds. The molecular formula is C21H16N4O2. The fourth-order valence-electron chi connectivity index (χ4n) is 2.97. The zero-order valence-corrected chi connectivity index (χ0v) is 14.3. The maximum absolute atomic E-state index is 11.7. The Kier molecular flexibility index (Phi) is 4.14. The van der Waals surface area contributed by atoms with Crippen LogP contribution >= 0.6 is 0 Å². The number of carboxylic acid groups (broad SMARTS) is 1. The van der Waals surface area contributed by atoms with Crippen LogP contribution in [-0.2, 0) is 0 Å². The number of hydrogen-bond acceptors (Lipinski definition) is 4. The summed E-state index contributed by atoms with van der Waals surface area (Å²) in [5.41, 5.74) is 10.4. The summed E-state index contributed by atoms with van der Waals surface area (Å²) in [5, 5.41) is 9.60. The molecule has 0 aliphatic heterocycles. The maximum Gasteiger partial charge on any atom is 0.337 e. The molecule has 0 saturated heterocycles. The molecular weight excluding hydrogens is 340 g/mol. The van der Waals surface area contributed by atoms with Crippen LogP contribution in [0.3, 0.4) is 0 Å². The molecule has 0 aliphatic rings. The van der Waals surface area contributed by atoms with Crippen molar-refractivity contribution in [1.82, 2.24) is 15.0 Å². The second-order valence-corrected chi connectivity index (χ2v) is 6.02. The van der Waals surface area contributed by atoms with Gasteiger partial charge in [0.1, 0.15) is 0 Å². The van der Waals surface area contributed by atoms with Gasteiger partial charge in [0.2, 0.25) is 5.95 Å². The van der Waals surface area contributed by atoms with Crippen molar-refractivity contribution in [1.29, 1.82) is 0 Å². The predicted molar refractivity (Wildman–Crippen MR) is 104 cm³/mol. The molecule has 0 fully saturated rings. The quantitative estimate of drug-likeness (QED) is 0.511. The largest absolute Gasteiger partial charge is 0.478 e. The number of carboxylic acids is 1. The van der Waals surface area contributed by atoms with E-state index in [1.807, 2.05) is 54.6 Å². The molecule has 0 bridgehead atoms. The Morgan fingerprint density at radius 3 is 2.26 bits per heavy atom. The molecule has 4 rings (SSSR count). The van der Waals surface area contributed by atoms with E-state index in [9.17, 15) is 9.90 Å².